The molecule has 1 rings (SSSR count). The van der Waals surface area contributed by atoms with Crippen molar-refractivity contribution in [1.82, 2.24) is 4.90 Å². The van der Waals surface area contributed by atoms with Crippen LogP contribution in [-0.2, 0) is 4.74 Å². The maximum Gasteiger partial charge on any atom is 0.156 e. The Labute approximate surface area is 93.5 Å². The number of nitrogens with zero attached hydrogens (tertiary/aromatic N) is 2. The Kier molecular flexibility index (Phi) is 4.11. The van der Waals surface area contributed by atoms with Crippen molar-refractivity contribution in [3.8, 4) is 6.07 Å². The fraction of sp³-hybridized carbons (Fsp3) is 0.700. The monoisotopic (exact) mass is 258 g/mol. The molecule has 1 heterocycles. The topological polar surface area (TPSA) is 36.3 Å². The summed E-state index contributed by atoms with van der Waals surface area (Å²) in [6.07, 6.45) is 1.56. The molecule has 0 atom stereocenters. The number of hydrogen-bond donors (Lipinski definition) is 0. The molecule has 0 aromatic heterocycles. The van der Waals surface area contributed by atoms with Gasteiger partial charge in [0, 0.05) is 44.1 Å². The number of rotatable bonds is 3. The van der Waals surface area contributed by atoms with Crippen molar-refractivity contribution < 1.29 is 4.74 Å². The van der Waals surface area contributed by atoms with Gasteiger partial charge in [0.1, 0.15) is 0 Å². The number of methoxy groups -OCH3 is 1. The van der Waals surface area contributed by atoms with Gasteiger partial charge in [0.2, 0.25) is 0 Å². The van der Waals surface area contributed by atoms with Crippen LogP contribution in [0.25, 0.3) is 0 Å². The molecule has 0 bridgehead atoms. The molecule has 78 valence electrons. The van der Waals surface area contributed by atoms with Gasteiger partial charge in [-0.15, -0.1) is 0 Å². The van der Waals surface area contributed by atoms with Crippen LogP contribution < -0.4 is 0 Å². The Morgan fingerprint density at radius 1 is 1.64 bits per heavy atom. The van der Waals surface area contributed by atoms with Gasteiger partial charge in [0.15, 0.2) is 5.60 Å². The first-order valence-electron chi connectivity index (χ1n) is 4.64. The quantitative estimate of drug-likeness (QED) is 0.776. The van der Waals surface area contributed by atoms with Crippen molar-refractivity contribution in [2.75, 3.05) is 26.7 Å². The molecule has 4 heteroatoms. The van der Waals surface area contributed by atoms with Gasteiger partial charge >= 0.3 is 0 Å². The molecule has 3 nitrogen and oxygen atoms in total. The molecule has 1 aliphatic heterocycles. The highest BCUT2D eigenvalue weighted by molar-refractivity contribution is 9.11. The number of ether oxygens (including phenoxy) is 1. The molecular formula is C10H15BrN2O. The standard InChI is InChI=1S/C10H15BrN2O/c1-9(11)7-13-5-3-10(8-12,14-2)4-6-13/h1,3-7H2,2H3. The van der Waals surface area contributed by atoms with E-state index >= 15 is 0 Å². The fourth-order valence-electron chi connectivity index (χ4n) is 1.68. The molecule has 0 unspecified atom stereocenters. The number of piperidine rings is 1. The van der Waals surface area contributed by atoms with Gasteiger partial charge in [0.05, 0.1) is 6.07 Å². The molecule has 0 aromatic carbocycles. The Hall–Kier alpha value is -0.370. The molecule has 1 saturated heterocycles. The van der Waals surface area contributed by atoms with Crippen LogP contribution in [0.15, 0.2) is 11.1 Å². The SMILES string of the molecule is C=C(Br)CN1CCC(C#N)(OC)CC1. The predicted octanol–water partition coefficient (Wildman–Crippen LogP) is 1.90. The minimum absolute atomic E-state index is 0.551. The second kappa shape index (κ2) is 4.92. The zero-order valence-corrected chi connectivity index (χ0v) is 10.0. The van der Waals surface area contributed by atoms with E-state index in [1.807, 2.05) is 0 Å². The third kappa shape index (κ3) is 2.81. The minimum atomic E-state index is -0.551. The van der Waals surface area contributed by atoms with Crippen molar-refractivity contribution in [2.24, 2.45) is 0 Å². The van der Waals surface area contributed by atoms with Crippen molar-refractivity contribution in [3.63, 3.8) is 0 Å². The Balaban J connectivity index is 2.45. The van der Waals surface area contributed by atoms with Crippen LogP contribution in [0.3, 0.4) is 0 Å². The van der Waals surface area contributed by atoms with Gasteiger partial charge in [-0.05, 0) is 0 Å². The van der Waals surface area contributed by atoms with Gasteiger partial charge in [-0.3, -0.25) is 4.90 Å². The first kappa shape index (κ1) is 11.7. The molecular weight excluding hydrogens is 244 g/mol. The van der Waals surface area contributed by atoms with Gasteiger partial charge in [-0.25, -0.2) is 0 Å². The van der Waals surface area contributed by atoms with E-state index in [-0.39, 0.29) is 0 Å². The van der Waals surface area contributed by atoms with Crippen LogP contribution in [-0.4, -0.2) is 37.2 Å². The van der Waals surface area contributed by atoms with Gasteiger partial charge in [-0.1, -0.05) is 22.5 Å². The third-order valence-electron chi connectivity index (χ3n) is 2.65. The Morgan fingerprint density at radius 3 is 2.57 bits per heavy atom. The lowest BCUT2D eigenvalue weighted by molar-refractivity contribution is -0.0117. The van der Waals surface area contributed by atoms with E-state index in [4.69, 9.17) is 10.00 Å². The van der Waals surface area contributed by atoms with E-state index in [9.17, 15) is 0 Å². The average molecular weight is 259 g/mol. The van der Waals surface area contributed by atoms with Crippen LogP contribution >= 0.6 is 15.9 Å². The molecule has 0 aliphatic carbocycles. The lowest BCUT2D eigenvalue weighted by Crippen LogP contribution is -2.44. The van der Waals surface area contributed by atoms with Crippen molar-refractivity contribution >= 4 is 15.9 Å². The number of halogens is 1. The van der Waals surface area contributed by atoms with Crippen LogP contribution in [0.1, 0.15) is 12.8 Å². The average Bonchev–Trinajstić information content (AvgIpc) is 2.19. The van der Waals surface area contributed by atoms with Gasteiger partial charge < -0.3 is 4.74 Å². The Morgan fingerprint density at radius 2 is 2.21 bits per heavy atom. The maximum atomic E-state index is 8.99. The summed E-state index contributed by atoms with van der Waals surface area (Å²) in [7, 11) is 1.61. The second-order valence-corrected chi connectivity index (χ2v) is 4.73. The highest BCUT2D eigenvalue weighted by Crippen LogP contribution is 2.25. The van der Waals surface area contributed by atoms with Gasteiger partial charge in [-0.2, -0.15) is 5.26 Å². The smallest absolute Gasteiger partial charge is 0.156 e. The summed E-state index contributed by atoms with van der Waals surface area (Å²) in [5, 5.41) is 8.99. The van der Waals surface area contributed by atoms with E-state index in [0.29, 0.717) is 0 Å². The molecule has 14 heavy (non-hydrogen) atoms. The summed E-state index contributed by atoms with van der Waals surface area (Å²) in [6.45, 7) is 6.45. The van der Waals surface area contributed by atoms with Crippen LogP contribution in [0, 0.1) is 11.3 Å². The number of hydrogen-bond acceptors (Lipinski definition) is 3. The highest BCUT2D eigenvalue weighted by atomic mass is 79.9. The van der Waals surface area contributed by atoms with Crippen molar-refractivity contribution in [1.29, 1.82) is 5.26 Å². The summed E-state index contributed by atoms with van der Waals surface area (Å²) >= 11 is 3.34. The summed E-state index contributed by atoms with van der Waals surface area (Å²) in [4.78, 5) is 2.27. The van der Waals surface area contributed by atoms with Crippen molar-refractivity contribution in [3.05, 3.63) is 11.1 Å². The molecule has 0 N–H and O–H groups in total. The largest absolute Gasteiger partial charge is 0.363 e. The van der Waals surface area contributed by atoms with Crippen LogP contribution in [0.5, 0.6) is 0 Å². The van der Waals surface area contributed by atoms with E-state index in [1.165, 1.54) is 0 Å². The molecule has 0 saturated carbocycles. The normalized spacial score (nSPS) is 21.5. The zero-order chi connectivity index (χ0) is 10.6. The summed E-state index contributed by atoms with van der Waals surface area (Å²) < 4.78 is 6.24. The van der Waals surface area contributed by atoms with E-state index in [1.54, 1.807) is 7.11 Å². The van der Waals surface area contributed by atoms with E-state index in [2.05, 4.69) is 33.5 Å². The number of nitriles is 1. The Bertz CT molecular complexity index is 251. The van der Waals surface area contributed by atoms with E-state index in [0.717, 1.165) is 37.0 Å². The lowest BCUT2D eigenvalue weighted by Gasteiger charge is -2.36. The summed E-state index contributed by atoms with van der Waals surface area (Å²) in [5.41, 5.74) is -0.551. The first-order chi connectivity index (χ1) is 6.62. The minimum Gasteiger partial charge on any atom is -0.363 e. The highest BCUT2D eigenvalue weighted by Gasteiger charge is 2.34. The van der Waals surface area contributed by atoms with Crippen molar-refractivity contribution in [2.45, 2.75) is 18.4 Å². The first-order valence-corrected chi connectivity index (χ1v) is 5.43. The zero-order valence-electron chi connectivity index (χ0n) is 8.42. The molecule has 0 radical (unpaired) electrons. The summed E-state index contributed by atoms with van der Waals surface area (Å²) in [6, 6.07) is 2.26. The molecule has 0 amide bonds. The molecule has 0 spiro atoms. The molecule has 0 aromatic rings. The molecule has 1 aliphatic rings. The number of likely N-dealkylation sites (tertiary alicyclic amines) is 1. The fourth-order valence-corrected chi connectivity index (χ4v) is 2.03. The van der Waals surface area contributed by atoms with Gasteiger partial charge in [0.25, 0.3) is 0 Å². The molecule has 1 fully saturated rings. The summed E-state index contributed by atoms with van der Waals surface area (Å²) in [5.74, 6) is 0. The van der Waals surface area contributed by atoms with Crippen LogP contribution in [0.4, 0.5) is 0 Å². The van der Waals surface area contributed by atoms with Crippen LogP contribution in [0.2, 0.25) is 0 Å². The predicted molar refractivity (Wildman–Crippen MR) is 59.1 cm³/mol. The van der Waals surface area contributed by atoms with E-state index < -0.39 is 5.60 Å². The maximum absolute atomic E-state index is 8.99. The second-order valence-electron chi connectivity index (χ2n) is 3.60. The third-order valence-corrected chi connectivity index (χ3v) is 2.90. The lowest BCUT2D eigenvalue weighted by atomic mass is 9.93.